The molecule has 0 spiro atoms. The van der Waals surface area contributed by atoms with Crippen molar-refractivity contribution < 1.29 is 0 Å². The maximum absolute atomic E-state index is 3.84. The van der Waals surface area contributed by atoms with Gasteiger partial charge in [0, 0.05) is 35.7 Å². The van der Waals surface area contributed by atoms with Crippen molar-refractivity contribution in [1.29, 1.82) is 0 Å². The molecule has 1 aliphatic carbocycles. The zero-order chi connectivity index (χ0) is 12.8. The van der Waals surface area contributed by atoms with Crippen molar-refractivity contribution in [3.63, 3.8) is 0 Å². The Balaban J connectivity index is 1.84. The predicted molar refractivity (Wildman–Crippen MR) is 79.4 cm³/mol. The van der Waals surface area contributed by atoms with Crippen LogP contribution in [0.3, 0.4) is 0 Å². The number of nitrogens with zero attached hydrogens (tertiary/aromatic N) is 1. The van der Waals surface area contributed by atoms with Gasteiger partial charge in [-0.15, -0.1) is 0 Å². The van der Waals surface area contributed by atoms with E-state index in [1.54, 1.807) is 0 Å². The van der Waals surface area contributed by atoms with Crippen molar-refractivity contribution >= 4 is 17.0 Å². The molecule has 1 aromatic heterocycles. The van der Waals surface area contributed by atoms with E-state index < -0.39 is 0 Å². The molecule has 1 saturated heterocycles. The topological polar surface area (TPSA) is 15.3 Å². The van der Waals surface area contributed by atoms with Crippen LogP contribution >= 0.6 is 11.3 Å². The van der Waals surface area contributed by atoms with Crippen LogP contribution in [0.25, 0.3) is 0 Å². The molecule has 3 rings (SSSR count). The highest BCUT2D eigenvalue weighted by molar-refractivity contribution is 7.08. The SMILES string of the molecule is CC(C)C1CNC(C)(C2CC2)CN1c1ccsc1. The fraction of sp³-hybridized carbons (Fsp3) is 0.733. The van der Waals surface area contributed by atoms with Crippen molar-refractivity contribution in [2.75, 3.05) is 18.0 Å². The molecule has 2 atom stereocenters. The monoisotopic (exact) mass is 264 g/mol. The van der Waals surface area contributed by atoms with Gasteiger partial charge >= 0.3 is 0 Å². The number of hydrogen-bond donors (Lipinski definition) is 1. The molecule has 0 amide bonds. The van der Waals surface area contributed by atoms with Crippen LogP contribution in [0.5, 0.6) is 0 Å². The average Bonchev–Trinajstić information content (AvgIpc) is 3.06. The van der Waals surface area contributed by atoms with Gasteiger partial charge in [-0.2, -0.15) is 11.3 Å². The minimum atomic E-state index is 0.327. The summed E-state index contributed by atoms with van der Waals surface area (Å²) in [6.45, 7) is 9.38. The summed E-state index contributed by atoms with van der Waals surface area (Å²) >= 11 is 1.81. The van der Waals surface area contributed by atoms with E-state index in [1.807, 2.05) is 11.3 Å². The van der Waals surface area contributed by atoms with Gasteiger partial charge in [0.05, 0.1) is 0 Å². The second kappa shape index (κ2) is 4.53. The van der Waals surface area contributed by atoms with Crippen LogP contribution in [0.2, 0.25) is 0 Å². The molecular weight excluding hydrogens is 240 g/mol. The normalized spacial score (nSPS) is 33.1. The summed E-state index contributed by atoms with van der Waals surface area (Å²) < 4.78 is 0. The lowest BCUT2D eigenvalue weighted by Crippen LogP contribution is -2.65. The van der Waals surface area contributed by atoms with Crippen molar-refractivity contribution in [1.82, 2.24) is 5.32 Å². The summed E-state index contributed by atoms with van der Waals surface area (Å²) in [5, 5.41) is 8.34. The fourth-order valence-corrected chi connectivity index (χ4v) is 3.92. The van der Waals surface area contributed by atoms with Crippen molar-refractivity contribution in [2.24, 2.45) is 11.8 Å². The van der Waals surface area contributed by atoms with E-state index in [0.29, 0.717) is 17.5 Å². The van der Waals surface area contributed by atoms with Crippen LogP contribution in [0.15, 0.2) is 16.8 Å². The Kier molecular flexibility index (Phi) is 3.15. The third-order valence-corrected chi connectivity index (χ3v) is 5.37. The van der Waals surface area contributed by atoms with Gasteiger partial charge in [0.2, 0.25) is 0 Å². The van der Waals surface area contributed by atoms with E-state index in [2.05, 4.69) is 47.8 Å². The summed E-state index contributed by atoms with van der Waals surface area (Å²) in [6, 6.07) is 2.91. The molecule has 1 saturated carbocycles. The molecule has 2 aliphatic rings. The number of thiophene rings is 1. The lowest BCUT2D eigenvalue weighted by atomic mass is 9.88. The number of rotatable bonds is 3. The molecule has 0 aromatic carbocycles. The Morgan fingerprint density at radius 2 is 2.22 bits per heavy atom. The Morgan fingerprint density at radius 3 is 2.78 bits per heavy atom. The third-order valence-electron chi connectivity index (χ3n) is 4.70. The van der Waals surface area contributed by atoms with Crippen molar-refractivity contribution in [3.8, 4) is 0 Å². The third kappa shape index (κ3) is 2.19. The number of hydrogen-bond acceptors (Lipinski definition) is 3. The second-order valence-corrected chi connectivity index (χ2v) is 7.27. The van der Waals surface area contributed by atoms with E-state index in [4.69, 9.17) is 0 Å². The maximum atomic E-state index is 3.84. The number of anilines is 1. The lowest BCUT2D eigenvalue weighted by molar-refractivity contribution is 0.233. The largest absolute Gasteiger partial charge is 0.364 e. The van der Waals surface area contributed by atoms with Crippen LogP contribution in [0, 0.1) is 11.8 Å². The van der Waals surface area contributed by atoms with Gasteiger partial charge in [-0.3, -0.25) is 0 Å². The van der Waals surface area contributed by atoms with Gasteiger partial charge < -0.3 is 10.2 Å². The lowest BCUT2D eigenvalue weighted by Gasteiger charge is -2.49. The van der Waals surface area contributed by atoms with E-state index in [9.17, 15) is 0 Å². The quantitative estimate of drug-likeness (QED) is 0.900. The Bertz CT molecular complexity index is 397. The molecule has 0 bridgehead atoms. The van der Waals surface area contributed by atoms with Gasteiger partial charge in [0.1, 0.15) is 0 Å². The molecule has 1 aromatic rings. The molecular formula is C15H24N2S. The van der Waals surface area contributed by atoms with E-state index in [0.717, 1.165) is 19.0 Å². The molecule has 18 heavy (non-hydrogen) atoms. The first kappa shape index (κ1) is 12.5. The molecule has 2 unspecified atom stereocenters. The smallest absolute Gasteiger partial charge is 0.0478 e. The first-order valence-electron chi connectivity index (χ1n) is 7.14. The van der Waals surface area contributed by atoms with Crippen LogP contribution in [0.1, 0.15) is 33.6 Å². The van der Waals surface area contributed by atoms with E-state index in [1.165, 1.54) is 18.5 Å². The summed E-state index contributed by atoms with van der Waals surface area (Å²) in [5.41, 5.74) is 1.75. The average molecular weight is 264 g/mol. The molecule has 2 heterocycles. The highest BCUT2D eigenvalue weighted by Gasteiger charge is 2.46. The minimum absolute atomic E-state index is 0.327. The first-order valence-corrected chi connectivity index (χ1v) is 8.08. The Morgan fingerprint density at radius 1 is 1.44 bits per heavy atom. The summed E-state index contributed by atoms with van der Waals surface area (Å²) in [6.07, 6.45) is 2.82. The van der Waals surface area contributed by atoms with Crippen LogP contribution in [-0.4, -0.2) is 24.7 Å². The minimum Gasteiger partial charge on any atom is -0.364 e. The summed E-state index contributed by atoms with van der Waals surface area (Å²) in [5.74, 6) is 1.59. The molecule has 1 N–H and O–H groups in total. The molecule has 100 valence electrons. The molecule has 2 nitrogen and oxygen atoms in total. The zero-order valence-corrected chi connectivity index (χ0v) is 12.5. The zero-order valence-electron chi connectivity index (χ0n) is 11.6. The van der Waals surface area contributed by atoms with Gasteiger partial charge in [-0.25, -0.2) is 0 Å². The van der Waals surface area contributed by atoms with Gasteiger partial charge in [-0.1, -0.05) is 13.8 Å². The van der Waals surface area contributed by atoms with Crippen LogP contribution < -0.4 is 10.2 Å². The molecule has 3 heteroatoms. The van der Waals surface area contributed by atoms with Crippen molar-refractivity contribution in [3.05, 3.63) is 16.8 Å². The number of nitrogens with one attached hydrogen (secondary N) is 1. The summed E-state index contributed by atoms with van der Waals surface area (Å²) in [7, 11) is 0. The standard InChI is InChI=1S/C15H24N2S/c1-11(2)14-8-16-15(3,12-4-5-12)10-17(14)13-6-7-18-9-13/h6-7,9,11-12,14,16H,4-5,8,10H2,1-3H3. The van der Waals surface area contributed by atoms with Gasteiger partial charge in [-0.05, 0) is 43.0 Å². The van der Waals surface area contributed by atoms with E-state index >= 15 is 0 Å². The maximum Gasteiger partial charge on any atom is 0.0478 e. The second-order valence-electron chi connectivity index (χ2n) is 6.49. The summed E-state index contributed by atoms with van der Waals surface area (Å²) in [4.78, 5) is 2.65. The number of piperazine rings is 1. The highest BCUT2D eigenvalue weighted by atomic mass is 32.1. The first-order chi connectivity index (χ1) is 8.60. The Hall–Kier alpha value is -0.540. The Labute approximate surface area is 114 Å². The predicted octanol–water partition coefficient (Wildman–Crippen LogP) is 3.35. The van der Waals surface area contributed by atoms with Crippen molar-refractivity contribution in [2.45, 2.75) is 45.2 Å². The fourth-order valence-electron chi connectivity index (χ4n) is 3.27. The molecule has 0 radical (unpaired) electrons. The van der Waals surface area contributed by atoms with E-state index in [-0.39, 0.29) is 0 Å². The van der Waals surface area contributed by atoms with Gasteiger partial charge in [0.15, 0.2) is 0 Å². The highest BCUT2D eigenvalue weighted by Crippen LogP contribution is 2.42. The molecule has 2 fully saturated rings. The van der Waals surface area contributed by atoms with Crippen LogP contribution in [0.4, 0.5) is 5.69 Å². The molecule has 1 aliphatic heterocycles. The van der Waals surface area contributed by atoms with Crippen LogP contribution in [-0.2, 0) is 0 Å². The van der Waals surface area contributed by atoms with Gasteiger partial charge in [0.25, 0.3) is 0 Å².